The Kier molecular flexibility index (Phi) is 9.93. The molecule has 2 amide bonds. The maximum atomic E-state index is 14.1. The summed E-state index contributed by atoms with van der Waals surface area (Å²) in [5.41, 5.74) is 1.93. The molecule has 0 bridgehead atoms. The van der Waals surface area contributed by atoms with Gasteiger partial charge in [-0.25, -0.2) is 8.42 Å². The lowest BCUT2D eigenvalue weighted by molar-refractivity contribution is -0.140. The number of fused-ring (bicyclic) bond motifs is 1. The van der Waals surface area contributed by atoms with Crippen LogP contribution in [0, 0.1) is 0 Å². The van der Waals surface area contributed by atoms with Crippen molar-refractivity contribution in [2.45, 2.75) is 38.9 Å². The third kappa shape index (κ3) is 8.23. The van der Waals surface area contributed by atoms with E-state index in [4.69, 9.17) is 9.47 Å². The molecule has 0 aliphatic carbocycles. The third-order valence-corrected chi connectivity index (χ3v) is 8.13. The van der Waals surface area contributed by atoms with Crippen LogP contribution in [0.3, 0.4) is 0 Å². The number of rotatable bonds is 11. The largest absolute Gasteiger partial charge is 0.486 e. The molecule has 4 rings (SSSR count). The molecule has 9 nitrogen and oxygen atoms in total. The van der Waals surface area contributed by atoms with Gasteiger partial charge in [0.05, 0.1) is 11.9 Å². The number of hydrogen-bond acceptors (Lipinski definition) is 6. The molecule has 1 aliphatic heterocycles. The van der Waals surface area contributed by atoms with Crippen molar-refractivity contribution in [3.63, 3.8) is 0 Å². The number of nitrogens with one attached hydrogen (secondary N) is 1. The zero-order chi connectivity index (χ0) is 29.6. The number of carbonyl (C=O) groups is 2. The van der Waals surface area contributed by atoms with Crippen LogP contribution in [0.25, 0.3) is 0 Å². The number of amides is 2. The molecule has 1 atom stereocenters. The summed E-state index contributed by atoms with van der Waals surface area (Å²) in [4.78, 5) is 29.2. The average molecular weight is 645 g/mol. The van der Waals surface area contributed by atoms with Crippen molar-refractivity contribution in [3.8, 4) is 11.5 Å². The molecule has 0 aromatic heterocycles. The van der Waals surface area contributed by atoms with E-state index in [1.807, 2.05) is 68.4 Å². The molecule has 218 valence electrons. The molecule has 3 aromatic carbocycles. The predicted molar refractivity (Wildman–Crippen MR) is 162 cm³/mol. The third-order valence-electron chi connectivity index (χ3n) is 6.46. The van der Waals surface area contributed by atoms with E-state index in [0.29, 0.717) is 24.7 Å². The standard InChI is InChI=1S/C30H34BrN3O6S/c1-21(2)32-30(36)26(17-22-7-5-4-6-8-22)33(19-23-9-11-24(31)12-10-23)29(35)20-34(41(3,37)38)25-13-14-27-28(18-25)40-16-15-39-27/h4-14,18,21,26H,15-17,19-20H2,1-3H3,(H,32,36). The first kappa shape index (κ1) is 30.4. The van der Waals surface area contributed by atoms with E-state index < -0.39 is 28.5 Å². The second-order valence-electron chi connectivity index (χ2n) is 10.1. The van der Waals surface area contributed by atoms with Gasteiger partial charge >= 0.3 is 0 Å². The number of hydrogen-bond donors (Lipinski definition) is 1. The smallest absolute Gasteiger partial charge is 0.244 e. The van der Waals surface area contributed by atoms with Gasteiger partial charge in [-0.15, -0.1) is 0 Å². The molecule has 1 heterocycles. The molecule has 0 spiro atoms. The lowest BCUT2D eigenvalue weighted by Gasteiger charge is -2.34. The summed E-state index contributed by atoms with van der Waals surface area (Å²) >= 11 is 3.43. The first-order chi connectivity index (χ1) is 19.5. The first-order valence-corrected chi connectivity index (χ1v) is 15.9. The van der Waals surface area contributed by atoms with E-state index >= 15 is 0 Å². The number of carbonyl (C=O) groups excluding carboxylic acids is 2. The van der Waals surface area contributed by atoms with Gasteiger partial charge in [-0.05, 0) is 49.2 Å². The molecule has 0 saturated carbocycles. The highest BCUT2D eigenvalue weighted by atomic mass is 79.9. The molecule has 3 aromatic rings. The lowest BCUT2D eigenvalue weighted by Crippen LogP contribution is -2.54. The van der Waals surface area contributed by atoms with Crippen molar-refractivity contribution in [1.29, 1.82) is 0 Å². The summed E-state index contributed by atoms with van der Waals surface area (Å²) < 4.78 is 39.1. The van der Waals surface area contributed by atoms with Crippen LogP contribution in [0.4, 0.5) is 5.69 Å². The number of benzene rings is 3. The molecular formula is C30H34BrN3O6S. The van der Waals surface area contributed by atoms with Crippen LogP contribution in [0.2, 0.25) is 0 Å². The van der Waals surface area contributed by atoms with Gasteiger partial charge in [-0.3, -0.25) is 13.9 Å². The molecule has 0 fully saturated rings. The topological polar surface area (TPSA) is 105 Å². The Morgan fingerprint density at radius 1 is 0.927 bits per heavy atom. The number of nitrogens with zero attached hydrogens (tertiary/aromatic N) is 2. The summed E-state index contributed by atoms with van der Waals surface area (Å²) in [6.07, 6.45) is 1.30. The normalized spacial score (nSPS) is 13.4. The predicted octanol–water partition coefficient (Wildman–Crippen LogP) is 4.15. The summed E-state index contributed by atoms with van der Waals surface area (Å²) in [6.45, 7) is 4.04. The van der Waals surface area contributed by atoms with Gasteiger partial charge in [0.15, 0.2) is 11.5 Å². The molecule has 41 heavy (non-hydrogen) atoms. The van der Waals surface area contributed by atoms with Crippen LogP contribution in [-0.2, 0) is 32.6 Å². The highest BCUT2D eigenvalue weighted by Crippen LogP contribution is 2.34. The van der Waals surface area contributed by atoms with Crippen molar-refractivity contribution >= 4 is 43.5 Å². The quantitative estimate of drug-likeness (QED) is 0.337. The van der Waals surface area contributed by atoms with Crippen LogP contribution < -0.4 is 19.1 Å². The summed E-state index contributed by atoms with van der Waals surface area (Å²) in [5.74, 6) is 0.0670. The van der Waals surface area contributed by atoms with Gasteiger partial charge in [0.1, 0.15) is 25.8 Å². The zero-order valence-electron chi connectivity index (χ0n) is 23.2. The van der Waals surface area contributed by atoms with Gasteiger partial charge in [-0.1, -0.05) is 58.4 Å². The molecule has 1 aliphatic rings. The van der Waals surface area contributed by atoms with Gasteiger partial charge in [0, 0.05) is 29.5 Å². The highest BCUT2D eigenvalue weighted by molar-refractivity contribution is 9.10. The molecular weight excluding hydrogens is 610 g/mol. The van der Waals surface area contributed by atoms with Crippen LogP contribution in [-0.4, -0.2) is 63.2 Å². The van der Waals surface area contributed by atoms with Crippen molar-refractivity contribution < 1.29 is 27.5 Å². The van der Waals surface area contributed by atoms with E-state index in [1.165, 1.54) is 4.90 Å². The Bertz CT molecular complexity index is 1470. The van der Waals surface area contributed by atoms with Crippen molar-refractivity contribution in [2.75, 3.05) is 30.3 Å². The summed E-state index contributed by atoms with van der Waals surface area (Å²) in [7, 11) is -3.89. The van der Waals surface area contributed by atoms with Crippen LogP contribution >= 0.6 is 15.9 Å². The van der Waals surface area contributed by atoms with E-state index in [1.54, 1.807) is 18.2 Å². The van der Waals surface area contributed by atoms with E-state index in [2.05, 4.69) is 21.2 Å². The SMILES string of the molecule is CC(C)NC(=O)C(Cc1ccccc1)N(Cc1ccc(Br)cc1)C(=O)CN(c1ccc2c(c1)OCCO2)S(C)(=O)=O. The minimum atomic E-state index is -3.89. The number of ether oxygens (including phenoxy) is 2. The van der Waals surface area contributed by atoms with Crippen molar-refractivity contribution in [2.24, 2.45) is 0 Å². The summed E-state index contributed by atoms with van der Waals surface area (Å²) in [6, 6.07) is 20.6. The van der Waals surface area contributed by atoms with Gasteiger partial charge < -0.3 is 19.7 Å². The number of sulfonamides is 1. The van der Waals surface area contributed by atoms with Gasteiger partial charge in [0.2, 0.25) is 21.8 Å². The van der Waals surface area contributed by atoms with Gasteiger partial charge in [0.25, 0.3) is 0 Å². The lowest BCUT2D eigenvalue weighted by atomic mass is 10.0. The molecule has 1 N–H and O–H groups in total. The zero-order valence-corrected chi connectivity index (χ0v) is 25.7. The monoisotopic (exact) mass is 643 g/mol. The van der Waals surface area contributed by atoms with E-state index in [0.717, 1.165) is 26.2 Å². The fraction of sp³-hybridized carbons (Fsp3) is 0.333. The number of anilines is 1. The minimum absolute atomic E-state index is 0.105. The van der Waals surface area contributed by atoms with Crippen LogP contribution in [0.5, 0.6) is 11.5 Å². The maximum absolute atomic E-state index is 14.1. The Labute approximate surface area is 249 Å². The van der Waals surface area contributed by atoms with Crippen LogP contribution in [0.1, 0.15) is 25.0 Å². The van der Waals surface area contributed by atoms with Crippen molar-refractivity contribution in [3.05, 3.63) is 88.4 Å². The fourth-order valence-electron chi connectivity index (χ4n) is 4.52. The molecule has 11 heteroatoms. The second-order valence-corrected chi connectivity index (χ2v) is 12.9. The minimum Gasteiger partial charge on any atom is -0.486 e. The Morgan fingerprint density at radius 2 is 1.59 bits per heavy atom. The van der Waals surface area contributed by atoms with Crippen molar-refractivity contribution in [1.82, 2.24) is 10.2 Å². The second kappa shape index (κ2) is 13.4. The first-order valence-electron chi connectivity index (χ1n) is 13.3. The summed E-state index contributed by atoms with van der Waals surface area (Å²) in [5, 5.41) is 2.94. The molecule has 0 saturated heterocycles. The van der Waals surface area contributed by atoms with E-state index in [-0.39, 0.29) is 30.6 Å². The molecule has 1 unspecified atom stereocenters. The Balaban J connectivity index is 1.72. The fourth-order valence-corrected chi connectivity index (χ4v) is 5.63. The van der Waals surface area contributed by atoms with Crippen LogP contribution in [0.15, 0.2) is 77.3 Å². The average Bonchev–Trinajstić information content (AvgIpc) is 2.93. The number of halogens is 1. The molecule has 0 radical (unpaired) electrons. The Hall–Kier alpha value is -3.57. The Morgan fingerprint density at radius 3 is 2.22 bits per heavy atom. The van der Waals surface area contributed by atoms with Gasteiger partial charge in [-0.2, -0.15) is 0 Å². The van der Waals surface area contributed by atoms with E-state index in [9.17, 15) is 18.0 Å². The highest BCUT2D eigenvalue weighted by Gasteiger charge is 2.33. The maximum Gasteiger partial charge on any atom is 0.244 e.